The smallest absolute Gasteiger partial charge is 0.238 e. The van der Waals surface area contributed by atoms with Crippen molar-refractivity contribution in [1.29, 1.82) is 0 Å². The van der Waals surface area contributed by atoms with Gasteiger partial charge in [-0.1, -0.05) is 33.1 Å². The molecule has 1 atom stereocenters. The van der Waals surface area contributed by atoms with Gasteiger partial charge in [-0.15, -0.1) is 0 Å². The molecular weight excluding hydrogens is 238 g/mol. The molecule has 0 radical (unpaired) electrons. The minimum Gasteiger partial charge on any atom is -0.355 e. The Bertz CT molecular complexity index is 347. The van der Waals surface area contributed by atoms with Crippen LogP contribution >= 0.6 is 0 Å². The molecule has 1 aliphatic rings. The van der Waals surface area contributed by atoms with E-state index < -0.39 is 15.1 Å². The number of sulfone groups is 1. The van der Waals surface area contributed by atoms with Crippen LogP contribution in [-0.2, 0) is 14.6 Å². The molecule has 5 heteroatoms. The summed E-state index contributed by atoms with van der Waals surface area (Å²) in [5.41, 5.74) is 0. The minimum absolute atomic E-state index is 0.163. The van der Waals surface area contributed by atoms with E-state index in [-0.39, 0.29) is 11.7 Å². The standard InChI is InChI=1S/C12H23NO3S/c1-3-10(4-2)9-13-12(14)11-7-5-6-8-17(11,15)16/h10-11H,3-9H2,1-2H3,(H,13,14). The summed E-state index contributed by atoms with van der Waals surface area (Å²) in [5.74, 6) is 0.317. The summed E-state index contributed by atoms with van der Waals surface area (Å²) in [6, 6.07) is 0. The number of carbonyl (C=O) groups excluding carboxylic acids is 1. The Labute approximate surface area is 104 Å². The average Bonchev–Trinajstić information content (AvgIpc) is 2.29. The van der Waals surface area contributed by atoms with E-state index in [4.69, 9.17) is 0 Å². The van der Waals surface area contributed by atoms with Crippen LogP contribution in [0.5, 0.6) is 0 Å². The first-order valence-corrected chi connectivity index (χ1v) is 8.22. The number of amides is 1. The molecule has 0 aliphatic carbocycles. The molecule has 1 fully saturated rings. The van der Waals surface area contributed by atoms with Gasteiger partial charge in [0, 0.05) is 6.54 Å². The van der Waals surface area contributed by atoms with Crippen LogP contribution in [0.3, 0.4) is 0 Å². The number of rotatable bonds is 5. The Balaban J connectivity index is 2.52. The lowest BCUT2D eigenvalue weighted by molar-refractivity contribution is -0.121. The summed E-state index contributed by atoms with van der Waals surface area (Å²) < 4.78 is 23.5. The van der Waals surface area contributed by atoms with Crippen molar-refractivity contribution in [1.82, 2.24) is 5.32 Å². The van der Waals surface area contributed by atoms with Crippen molar-refractivity contribution in [2.45, 2.75) is 51.2 Å². The fourth-order valence-electron chi connectivity index (χ4n) is 2.19. The van der Waals surface area contributed by atoms with Crippen LogP contribution in [0.1, 0.15) is 46.0 Å². The Morgan fingerprint density at radius 3 is 2.47 bits per heavy atom. The average molecular weight is 261 g/mol. The van der Waals surface area contributed by atoms with Gasteiger partial charge in [-0.25, -0.2) is 8.42 Å². The van der Waals surface area contributed by atoms with Crippen LogP contribution in [0, 0.1) is 5.92 Å². The molecule has 1 N–H and O–H groups in total. The largest absolute Gasteiger partial charge is 0.355 e. The fourth-order valence-corrected chi connectivity index (χ4v) is 4.01. The fraction of sp³-hybridized carbons (Fsp3) is 0.917. The quantitative estimate of drug-likeness (QED) is 0.816. The van der Waals surface area contributed by atoms with Gasteiger partial charge in [0.1, 0.15) is 5.25 Å². The van der Waals surface area contributed by atoms with E-state index in [1.807, 2.05) is 0 Å². The molecule has 0 aromatic carbocycles. The molecular formula is C12H23NO3S. The zero-order valence-electron chi connectivity index (χ0n) is 10.7. The van der Waals surface area contributed by atoms with Crippen LogP contribution in [0.15, 0.2) is 0 Å². The van der Waals surface area contributed by atoms with Crippen molar-refractivity contribution < 1.29 is 13.2 Å². The van der Waals surface area contributed by atoms with Gasteiger partial charge in [0.05, 0.1) is 5.75 Å². The first-order chi connectivity index (χ1) is 8.01. The third kappa shape index (κ3) is 3.98. The molecule has 0 aromatic heterocycles. The van der Waals surface area contributed by atoms with Crippen molar-refractivity contribution in [3.63, 3.8) is 0 Å². The zero-order valence-corrected chi connectivity index (χ0v) is 11.6. The van der Waals surface area contributed by atoms with Crippen LogP contribution in [-0.4, -0.2) is 31.9 Å². The third-order valence-corrected chi connectivity index (χ3v) is 5.77. The molecule has 100 valence electrons. The van der Waals surface area contributed by atoms with E-state index in [1.165, 1.54) is 0 Å². The lowest BCUT2D eigenvalue weighted by Gasteiger charge is -2.22. The SMILES string of the molecule is CCC(CC)CNC(=O)C1CCCCS1(=O)=O. The van der Waals surface area contributed by atoms with Crippen molar-refractivity contribution in [2.24, 2.45) is 5.92 Å². The predicted molar refractivity (Wildman–Crippen MR) is 68.5 cm³/mol. The topological polar surface area (TPSA) is 63.2 Å². The summed E-state index contributed by atoms with van der Waals surface area (Å²) in [5, 5.41) is 1.99. The molecule has 1 amide bonds. The van der Waals surface area contributed by atoms with E-state index in [1.54, 1.807) is 0 Å². The summed E-state index contributed by atoms with van der Waals surface area (Å²) in [6.45, 7) is 4.76. The number of hydrogen-bond donors (Lipinski definition) is 1. The first-order valence-electron chi connectivity index (χ1n) is 6.50. The van der Waals surface area contributed by atoms with E-state index in [0.29, 0.717) is 25.3 Å². The normalized spacial score (nSPS) is 23.6. The lowest BCUT2D eigenvalue weighted by atomic mass is 10.0. The van der Waals surface area contributed by atoms with Crippen LogP contribution < -0.4 is 5.32 Å². The lowest BCUT2D eigenvalue weighted by Crippen LogP contribution is -2.44. The maximum Gasteiger partial charge on any atom is 0.238 e. The Kier molecular flexibility index (Phi) is 5.43. The molecule has 0 aromatic rings. The first kappa shape index (κ1) is 14.5. The predicted octanol–water partition coefficient (Wildman–Crippen LogP) is 1.51. The summed E-state index contributed by atoms with van der Waals surface area (Å²) >= 11 is 0. The molecule has 1 heterocycles. The number of hydrogen-bond acceptors (Lipinski definition) is 3. The zero-order chi connectivity index (χ0) is 12.9. The van der Waals surface area contributed by atoms with Crippen molar-refractivity contribution >= 4 is 15.7 Å². The third-order valence-electron chi connectivity index (χ3n) is 3.59. The second-order valence-electron chi connectivity index (χ2n) is 4.78. The molecule has 1 saturated heterocycles. The molecule has 1 aliphatic heterocycles. The van der Waals surface area contributed by atoms with Gasteiger partial charge in [-0.05, 0) is 18.8 Å². The molecule has 0 spiro atoms. The minimum atomic E-state index is -3.20. The van der Waals surface area contributed by atoms with E-state index >= 15 is 0 Å². The van der Waals surface area contributed by atoms with Crippen molar-refractivity contribution in [3.8, 4) is 0 Å². The molecule has 4 nitrogen and oxygen atoms in total. The Morgan fingerprint density at radius 1 is 1.29 bits per heavy atom. The van der Waals surface area contributed by atoms with Crippen LogP contribution in [0.2, 0.25) is 0 Å². The summed E-state index contributed by atoms with van der Waals surface area (Å²) in [4.78, 5) is 11.9. The Morgan fingerprint density at radius 2 is 1.94 bits per heavy atom. The van der Waals surface area contributed by atoms with Crippen LogP contribution in [0.25, 0.3) is 0 Å². The van der Waals surface area contributed by atoms with Crippen molar-refractivity contribution in [3.05, 3.63) is 0 Å². The van der Waals surface area contributed by atoms with E-state index in [9.17, 15) is 13.2 Å². The van der Waals surface area contributed by atoms with Crippen molar-refractivity contribution in [2.75, 3.05) is 12.3 Å². The highest BCUT2D eigenvalue weighted by molar-refractivity contribution is 7.92. The number of carbonyl (C=O) groups is 1. The van der Waals surface area contributed by atoms with E-state index in [0.717, 1.165) is 19.3 Å². The Hall–Kier alpha value is -0.580. The maximum atomic E-state index is 11.9. The second kappa shape index (κ2) is 6.38. The summed E-state index contributed by atoms with van der Waals surface area (Å²) in [6.07, 6.45) is 4.03. The number of nitrogens with one attached hydrogen (secondary N) is 1. The van der Waals surface area contributed by atoms with Gasteiger partial charge < -0.3 is 5.32 Å². The van der Waals surface area contributed by atoms with Gasteiger partial charge >= 0.3 is 0 Å². The molecule has 0 saturated carbocycles. The molecule has 1 unspecified atom stereocenters. The molecule has 17 heavy (non-hydrogen) atoms. The van der Waals surface area contributed by atoms with Crippen LogP contribution in [0.4, 0.5) is 0 Å². The highest BCUT2D eigenvalue weighted by Crippen LogP contribution is 2.19. The maximum absolute atomic E-state index is 11.9. The molecule has 0 bridgehead atoms. The van der Waals surface area contributed by atoms with Gasteiger partial charge in [0.25, 0.3) is 0 Å². The second-order valence-corrected chi connectivity index (χ2v) is 7.08. The highest BCUT2D eigenvalue weighted by Gasteiger charge is 2.34. The van der Waals surface area contributed by atoms with Gasteiger partial charge in [0.2, 0.25) is 5.91 Å². The monoisotopic (exact) mass is 261 g/mol. The van der Waals surface area contributed by atoms with Gasteiger partial charge in [-0.2, -0.15) is 0 Å². The van der Waals surface area contributed by atoms with E-state index in [2.05, 4.69) is 19.2 Å². The van der Waals surface area contributed by atoms with Gasteiger partial charge in [0.15, 0.2) is 9.84 Å². The van der Waals surface area contributed by atoms with Gasteiger partial charge in [-0.3, -0.25) is 4.79 Å². The summed E-state index contributed by atoms with van der Waals surface area (Å²) in [7, 11) is -3.20. The highest BCUT2D eigenvalue weighted by atomic mass is 32.2. The molecule has 1 rings (SSSR count).